The van der Waals surface area contributed by atoms with E-state index in [-0.39, 0.29) is 40.4 Å². The molecule has 0 bridgehead atoms. The molecule has 24 heavy (non-hydrogen) atoms. The average Bonchev–Trinajstić information content (AvgIpc) is 2.85. The van der Waals surface area contributed by atoms with Crippen LogP contribution in [0, 0.1) is 40.0 Å². The molecule has 0 radical (unpaired) electrons. The minimum atomic E-state index is -0.341. The first kappa shape index (κ1) is 15.7. The molecule has 2 fully saturated rings. The zero-order valence-corrected chi connectivity index (χ0v) is 14.2. The van der Waals surface area contributed by atoms with Crippen molar-refractivity contribution in [1.29, 1.82) is 5.53 Å². The third-order valence-electron chi connectivity index (χ3n) is 7.31. The minimum absolute atomic E-state index is 0.0823. The van der Waals surface area contributed by atoms with E-state index in [2.05, 4.69) is 43.3 Å². The number of nitrogens with zero attached hydrogens (tertiary/aromatic N) is 1. The van der Waals surface area contributed by atoms with Crippen molar-refractivity contribution in [2.24, 2.45) is 39.6 Å². The summed E-state index contributed by atoms with van der Waals surface area (Å²) in [6.07, 6.45) is 14.0. The van der Waals surface area contributed by atoms with E-state index in [1.54, 1.807) is 0 Å². The highest BCUT2D eigenvalue weighted by molar-refractivity contribution is 5.90. The highest BCUT2D eigenvalue weighted by Gasteiger charge is 2.60. The molecule has 0 spiro atoms. The van der Waals surface area contributed by atoms with E-state index < -0.39 is 0 Å². The maximum atomic E-state index is 12.6. The molecule has 0 aliphatic heterocycles. The molecule has 7 atom stereocenters. The van der Waals surface area contributed by atoms with E-state index in [0.717, 1.165) is 19.1 Å². The number of ketones is 1. The second-order valence-electron chi connectivity index (χ2n) is 8.34. The van der Waals surface area contributed by atoms with Crippen molar-refractivity contribution in [1.82, 2.24) is 0 Å². The molecule has 2 saturated carbocycles. The third-order valence-corrected chi connectivity index (χ3v) is 7.31. The number of rotatable bonds is 2. The molecule has 4 nitrogen and oxygen atoms in total. The van der Waals surface area contributed by atoms with Crippen molar-refractivity contribution in [2.45, 2.75) is 39.2 Å². The summed E-state index contributed by atoms with van der Waals surface area (Å²) in [4.78, 5) is 24.2. The van der Waals surface area contributed by atoms with Crippen LogP contribution in [0.5, 0.6) is 0 Å². The van der Waals surface area contributed by atoms with Gasteiger partial charge in [0.1, 0.15) is 18.1 Å². The van der Waals surface area contributed by atoms with Crippen LogP contribution in [0.3, 0.4) is 0 Å². The van der Waals surface area contributed by atoms with Crippen molar-refractivity contribution < 1.29 is 9.59 Å². The second-order valence-corrected chi connectivity index (χ2v) is 8.34. The van der Waals surface area contributed by atoms with Crippen LogP contribution in [0.25, 0.3) is 0 Å². The Kier molecular flexibility index (Phi) is 3.32. The zero-order chi connectivity index (χ0) is 17.1. The monoisotopic (exact) mass is 324 g/mol. The Balaban J connectivity index is 1.78. The molecule has 4 aliphatic carbocycles. The molecular formula is C20H24N2O2. The van der Waals surface area contributed by atoms with Crippen molar-refractivity contribution in [3.63, 3.8) is 0 Å². The molecule has 0 amide bonds. The molecule has 4 heteroatoms. The molecule has 0 heterocycles. The lowest BCUT2D eigenvalue weighted by molar-refractivity contribution is -0.130. The van der Waals surface area contributed by atoms with Gasteiger partial charge < -0.3 is 4.79 Å². The molecule has 0 aromatic heterocycles. The van der Waals surface area contributed by atoms with Gasteiger partial charge in [-0.15, -0.1) is 0 Å². The average molecular weight is 324 g/mol. The van der Waals surface area contributed by atoms with Crippen LogP contribution in [0.2, 0.25) is 0 Å². The maximum Gasteiger partial charge on any atom is 0.139 e. The number of nitrogens with one attached hydrogen (secondary N) is 1. The van der Waals surface area contributed by atoms with Crippen LogP contribution in [-0.4, -0.2) is 18.1 Å². The number of fused-ring (bicyclic) bond motifs is 5. The Morgan fingerprint density at radius 3 is 2.83 bits per heavy atom. The van der Waals surface area contributed by atoms with Gasteiger partial charge in [-0.2, -0.15) is 5.11 Å². The van der Waals surface area contributed by atoms with Gasteiger partial charge in [-0.1, -0.05) is 44.2 Å². The number of allylic oxidation sites excluding steroid dienone is 4. The van der Waals surface area contributed by atoms with Gasteiger partial charge in [0.25, 0.3) is 0 Å². The van der Waals surface area contributed by atoms with Crippen LogP contribution in [0.1, 0.15) is 33.1 Å². The normalized spacial score (nSPS) is 49.0. The molecule has 0 saturated heterocycles. The summed E-state index contributed by atoms with van der Waals surface area (Å²) in [5.74, 6) is 0.931. The summed E-state index contributed by atoms with van der Waals surface area (Å²) in [5.41, 5.74) is 8.07. The number of Topliss-reactive ketones (excluding diaryl/α,β-unsaturated/α-hetero) is 1. The Morgan fingerprint density at radius 1 is 1.33 bits per heavy atom. The first-order valence-corrected chi connectivity index (χ1v) is 8.89. The van der Waals surface area contributed by atoms with Crippen LogP contribution in [0.15, 0.2) is 41.1 Å². The fourth-order valence-corrected chi connectivity index (χ4v) is 5.91. The predicted octanol–water partition coefficient (Wildman–Crippen LogP) is 3.89. The van der Waals surface area contributed by atoms with Crippen molar-refractivity contribution >= 4 is 12.1 Å². The Morgan fingerprint density at radius 2 is 2.12 bits per heavy atom. The fraction of sp³-hybridized carbons (Fsp3) is 0.600. The van der Waals surface area contributed by atoms with Gasteiger partial charge in [0.15, 0.2) is 0 Å². The van der Waals surface area contributed by atoms with Gasteiger partial charge in [0.05, 0.1) is 0 Å². The van der Waals surface area contributed by atoms with Gasteiger partial charge in [0, 0.05) is 23.2 Å². The molecule has 0 aromatic carbocycles. The van der Waals surface area contributed by atoms with Gasteiger partial charge in [-0.05, 0) is 36.2 Å². The lowest BCUT2D eigenvalue weighted by Gasteiger charge is -2.54. The molecule has 0 aromatic rings. The summed E-state index contributed by atoms with van der Waals surface area (Å²) in [5, 5.41) is 3.64. The number of carbonyl (C=O) groups is 2. The zero-order valence-electron chi connectivity index (χ0n) is 14.2. The third kappa shape index (κ3) is 1.86. The first-order valence-electron chi connectivity index (χ1n) is 8.89. The molecule has 1 N–H and O–H groups in total. The van der Waals surface area contributed by atoms with Crippen molar-refractivity contribution in [3.8, 4) is 0 Å². The molecule has 4 aliphatic rings. The van der Waals surface area contributed by atoms with E-state index in [0.29, 0.717) is 12.3 Å². The predicted molar refractivity (Wildman–Crippen MR) is 90.4 cm³/mol. The lowest BCUT2D eigenvalue weighted by Crippen LogP contribution is -2.49. The van der Waals surface area contributed by atoms with Crippen LogP contribution >= 0.6 is 0 Å². The van der Waals surface area contributed by atoms with Crippen LogP contribution in [-0.2, 0) is 9.59 Å². The Hall–Kier alpha value is -1.84. The van der Waals surface area contributed by atoms with Crippen LogP contribution in [0.4, 0.5) is 0 Å². The number of hydrogen-bond donors (Lipinski definition) is 1. The van der Waals surface area contributed by atoms with Gasteiger partial charge in [0.2, 0.25) is 0 Å². The molecule has 126 valence electrons. The summed E-state index contributed by atoms with van der Waals surface area (Å²) in [7, 11) is 0. The van der Waals surface area contributed by atoms with E-state index in [1.165, 1.54) is 5.57 Å². The maximum absolute atomic E-state index is 12.6. The van der Waals surface area contributed by atoms with Crippen molar-refractivity contribution in [3.05, 3.63) is 36.0 Å². The minimum Gasteiger partial charge on any atom is -0.303 e. The van der Waals surface area contributed by atoms with Crippen LogP contribution < -0.4 is 0 Å². The first-order chi connectivity index (χ1) is 11.4. The quantitative estimate of drug-likeness (QED) is 0.475. The topological polar surface area (TPSA) is 70.3 Å². The van der Waals surface area contributed by atoms with E-state index in [1.807, 2.05) is 6.08 Å². The van der Waals surface area contributed by atoms with E-state index in [4.69, 9.17) is 5.53 Å². The SMILES string of the molecule is C[C@]12C=CC(N=N)C=C1C=CC1C2CC[C@]2(C)C(=O)CC(C=O)C12. The number of hydrogen-bond acceptors (Lipinski definition) is 4. The smallest absolute Gasteiger partial charge is 0.139 e. The molecule has 5 unspecified atom stereocenters. The summed E-state index contributed by atoms with van der Waals surface area (Å²) in [6, 6.07) is -0.168. The van der Waals surface area contributed by atoms with Crippen molar-refractivity contribution in [2.75, 3.05) is 0 Å². The molecule has 4 rings (SSSR count). The highest BCUT2D eigenvalue weighted by atomic mass is 16.1. The standard InChI is InChI=1S/C20H24N2O2/c1-19-7-5-14(22-21)10-13(19)3-4-15-16(19)6-8-20(2)17(24)9-12(11-23)18(15)20/h3-5,7,10-12,14-16,18,21H,6,8-9H2,1-2H3/t12?,14?,15?,16?,18?,19-,20+/m0/s1. The summed E-state index contributed by atoms with van der Waals surface area (Å²) in [6.45, 7) is 4.33. The Labute approximate surface area is 142 Å². The van der Waals surface area contributed by atoms with E-state index in [9.17, 15) is 9.59 Å². The van der Waals surface area contributed by atoms with E-state index >= 15 is 0 Å². The second kappa shape index (κ2) is 5.08. The van der Waals surface area contributed by atoms with Gasteiger partial charge in [-0.3, -0.25) is 4.79 Å². The highest BCUT2D eigenvalue weighted by Crippen LogP contribution is 2.63. The van der Waals surface area contributed by atoms with Gasteiger partial charge in [-0.25, -0.2) is 5.53 Å². The summed E-state index contributed by atoms with van der Waals surface area (Å²) >= 11 is 0. The van der Waals surface area contributed by atoms with Gasteiger partial charge >= 0.3 is 0 Å². The fourth-order valence-electron chi connectivity index (χ4n) is 5.91. The Bertz CT molecular complexity index is 706. The lowest BCUT2D eigenvalue weighted by atomic mass is 9.49. The summed E-state index contributed by atoms with van der Waals surface area (Å²) < 4.78 is 0. The largest absolute Gasteiger partial charge is 0.303 e. The number of carbonyl (C=O) groups excluding carboxylic acids is 2. The number of aldehydes is 1. The molecular weight excluding hydrogens is 300 g/mol.